The molecule has 1 heterocycles. The van der Waals surface area contributed by atoms with Crippen LogP contribution in [-0.4, -0.2) is 11.7 Å². The first-order chi connectivity index (χ1) is 21.1. The number of nitrogens with zero attached hydrogens (tertiary/aromatic N) is 1. The van der Waals surface area contributed by atoms with Crippen LogP contribution in [0.25, 0.3) is 0 Å². The van der Waals surface area contributed by atoms with Gasteiger partial charge in [-0.1, -0.05) is 111 Å². The average Bonchev–Trinajstić information content (AvgIpc) is 3.19. The summed E-state index contributed by atoms with van der Waals surface area (Å²) in [6, 6.07) is 35.5. The molecule has 1 amide bonds. The van der Waals surface area contributed by atoms with Gasteiger partial charge >= 0.3 is 0 Å². The second-order valence-corrected chi connectivity index (χ2v) is 11.4. The van der Waals surface area contributed by atoms with Gasteiger partial charge in [-0.3, -0.25) is 14.5 Å². The van der Waals surface area contributed by atoms with Crippen LogP contribution in [0.15, 0.2) is 120 Å². The van der Waals surface area contributed by atoms with Gasteiger partial charge < -0.3 is 10.1 Å². The van der Waals surface area contributed by atoms with Crippen LogP contribution >= 0.6 is 0 Å². The molecule has 1 aliphatic carbocycles. The summed E-state index contributed by atoms with van der Waals surface area (Å²) in [5.41, 5.74) is 6.18. The van der Waals surface area contributed by atoms with Crippen LogP contribution in [0.4, 0.5) is 11.4 Å². The van der Waals surface area contributed by atoms with E-state index in [-0.39, 0.29) is 17.6 Å². The van der Waals surface area contributed by atoms with Gasteiger partial charge in [0.2, 0.25) is 5.91 Å². The number of fused-ring (bicyclic) bond motifs is 1. The van der Waals surface area contributed by atoms with Gasteiger partial charge in [-0.25, -0.2) is 0 Å². The fourth-order valence-corrected chi connectivity index (χ4v) is 6.34. The third-order valence-corrected chi connectivity index (χ3v) is 8.47. The Morgan fingerprint density at radius 2 is 1.53 bits per heavy atom. The molecule has 2 aliphatic rings. The monoisotopic (exact) mass is 570 g/mol. The molecule has 43 heavy (non-hydrogen) atoms. The molecule has 0 bridgehead atoms. The predicted molar refractivity (Wildman–Crippen MR) is 172 cm³/mol. The first kappa shape index (κ1) is 28.5. The van der Waals surface area contributed by atoms with E-state index in [9.17, 15) is 9.59 Å². The number of ether oxygens (including phenoxy) is 1. The van der Waals surface area contributed by atoms with E-state index in [1.54, 1.807) is 0 Å². The van der Waals surface area contributed by atoms with Crippen molar-refractivity contribution >= 4 is 23.1 Å². The minimum Gasteiger partial charge on any atom is -0.489 e. The third-order valence-electron chi connectivity index (χ3n) is 8.47. The van der Waals surface area contributed by atoms with Crippen molar-refractivity contribution in [2.45, 2.75) is 64.0 Å². The molecule has 1 aliphatic heterocycles. The van der Waals surface area contributed by atoms with E-state index in [1.807, 2.05) is 102 Å². The zero-order valence-corrected chi connectivity index (χ0v) is 24.7. The van der Waals surface area contributed by atoms with Crippen LogP contribution in [0.3, 0.4) is 0 Å². The van der Waals surface area contributed by atoms with Gasteiger partial charge in [0.15, 0.2) is 5.78 Å². The fourth-order valence-electron chi connectivity index (χ4n) is 6.34. The van der Waals surface area contributed by atoms with Crippen molar-refractivity contribution < 1.29 is 14.3 Å². The van der Waals surface area contributed by atoms with Crippen LogP contribution in [0.5, 0.6) is 5.75 Å². The molecule has 2 atom stereocenters. The molecule has 1 N–H and O–H groups in total. The second-order valence-electron chi connectivity index (χ2n) is 11.4. The van der Waals surface area contributed by atoms with Crippen molar-refractivity contribution in [2.24, 2.45) is 0 Å². The molecule has 218 valence electrons. The normalized spacial score (nSPS) is 17.9. The molecular formula is C38H38N2O3. The van der Waals surface area contributed by atoms with Gasteiger partial charge in [-0.2, -0.15) is 0 Å². The Labute approximate surface area is 254 Å². The van der Waals surface area contributed by atoms with Crippen molar-refractivity contribution in [2.75, 3.05) is 10.2 Å². The van der Waals surface area contributed by atoms with Crippen LogP contribution < -0.4 is 15.0 Å². The van der Waals surface area contributed by atoms with Crippen molar-refractivity contribution in [3.63, 3.8) is 0 Å². The number of anilines is 2. The largest absolute Gasteiger partial charge is 0.489 e. The summed E-state index contributed by atoms with van der Waals surface area (Å²) >= 11 is 0. The number of ketones is 1. The van der Waals surface area contributed by atoms with Crippen molar-refractivity contribution in [1.82, 2.24) is 0 Å². The lowest BCUT2D eigenvalue weighted by Gasteiger charge is -2.36. The predicted octanol–water partition coefficient (Wildman–Crippen LogP) is 8.75. The molecule has 6 rings (SSSR count). The smallest absolute Gasteiger partial charge is 0.227 e. The lowest BCUT2D eigenvalue weighted by Crippen LogP contribution is -2.38. The SMILES string of the molecule is CCCCCC(=O)N1c2ccccc2NC2=C(C(=O)CC(c3ccccc3)C2)C1c1ccccc1OCc1ccccc1. The Hall–Kier alpha value is -4.64. The number of benzene rings is 4. The maximum absolute atomic E-state index is 14.3. The molecule has 0 saturated carbocycles. The molecule has 4 aromatic carbocycles. The molecule has 0 radical (unpaired) electrons. The molecule has 0 aromatic heterocycles. The molecule has 5 nitrogen and oxygen atoms in total. The summed E-state index contributed by atoms with van der Waals surface area (Å²) in [6.07, 6.45) is 4.29. The molecular weight excluding hydrogens is 532 g/mol. The van der Waals surface area contributed by atoms with Crippen molar-refractivity contribution in [1.29, 1.82) is 0 Å². The number of Topliss-reactive ketones (excluding diaryl/α,β-unsaturated/α-hetero) is 1. The minimum atomic E-state index is -0.614. The zero-order chi connectivity index (χ0) is 29.6. The summed E-state index contributed by atoms with van der Waals surface area (Å²) in [7, 11) is 0. The molecule has 4 aromatic rings. The maximum atomic E-state index is 14.3. The zero-order valence-electron chi connectivity index (χ0n) is 24.7. The van der Waals surface area contributed by atoms with Crippen LogP contribution in [0.1, 0.15) is 74.1 Å². The van der Waals surface area contributed by atoms with Crippen LogP contribution in [0, 0.1) is 0 Å². The molecule has 5 heteroatoms. The Kier molecular flexibility index (Phi) is 8.69. The molecule has 0 saturated heterocycles. The second kappa shape index (κ2) is 13.1. The van der Waals surface area contributed by atoms with E-state index in [4.69, 9.17) is 4.74 Å². The minimum absolute atomic E-state index is 0.0114. The number of unbranched alkanes of at least 4 members (excludes halogenated alkanes) is 2. The van der Waals surface area contributed by atoms with E-state index in [0.29, 0.717) is 37.2 Å². The van der Waals surface area contributed by atoms with Crippen LogP contribution in [0.2, 0.25) is 0 Å². The number of nitrogens with one attached hydrogen (secondary N) is 1. The van der Waals surface area contributed by atoms with Gasteiger partial charge in [-0.15, -0.1) is 0 Å². The quantitative estimate of drug-likeness (QED) is 0.204. The van der Waals surface area contributed by atoms with Crippen molar-refractivity contribution in [3.05, 3.63) is 137 Å². The number of carbonyl (C=O) groups excluding carboxylic acids is 2. The Bertz CT molecular complexity index is 1610. The Morgan fingerprint density at radius 3 is 2.33 bits per heavy atom. The van der Waals surface area contributed by atoms with Crippen molar-refractivity contribution in [3.8, 4) is 5.75 Å². The van der Waals surface area contributed by atoms with E-state index >= 15 is 0 Å². The first-order valence-electron chi connectivity index (χ1n) is 15.4. The van der Waals surface area contributed by atoms with E-state index < -0.39 is 6.04 Å². The molecule has 2 unspecified atom stereocenters. The van der Waals surface area contributed by atoms with E-state index in [0.717, 1.165) is 53.0 Å². The lowest BCUT2D eigenvalue weighted by atomic mass is 9.78. The van der Waals surface area contributed by atoms with Gasteiger partial charge in [0, 0.05) is 29.7 Å². The lowest BCUT2D eigenvalue weighted by molar-refractivity contribution is -0.119. The Morgan fingerprint density at radius 1 is 0.837 bits per heavy atom. The number of para-hydroxylation sites is 3. The van der Waals surface area contributed by atoms with Gasteiger partial charge in [0.25, 0.3) is 0 Å². The molecule has 0 fully saturated rings. The highest BCUT2D eigenvalue weighted by atomic mass is 16.5. The van der Waals surface area contributed by atoms with Gasteiger partial charge in [0.1, 0.15) is 12.4 Å². The Balaban J connectivity index is 1.49. The summed E-state index contributed by atoms with van der Waals surface area (Å²) in [5, 5.41) is 3.64. The highest BCUT2D eigenvalue weighted by molar-refractivity contribution is 6.06. The average molecular weight is 571 g/mol. The summed E-state index contributed by atoms with van der Waals surface area (Å²) in [6.45, 7) is 2.53. The summed E-state index contributed by atoms with van der Waals surface area (Å²) in [4.78, 5) is 30.5. The fraction of sp³-hybridized carbons (Fsp3) is 0.263. The van der Waals surface area contributed by atoms with Gasteiger partial charge in [-0.05, 0) is 48.1 Å². The number of hydrogen-bond acceptors (Lipinski definition) is 4. The third kappa shape index (κ3) is 6.12. The number of amides is 1. The standard InChI is InChI=1S/C38H38N2O3/c1-2-3-6-23-36(42)40-33-21-13-12-20-31(33)39-32-24-29(28-17-9-5-10-18-28)25-34(41)37(32)38(40)30-19-11-14-22-35(30)43-26-27-15-7-4-8-16-27/h4-5,7-22,29,38-39H,2-3,6,23-26H2,1H3. The summed E-state index contributed by atoms with van der Waals surface area (Å²) < 4.78 is 6.44. The number of allylic oxidation sites excluding steroid dienone is 1. The van der Waals surface area contributed by atoms with Gasteiger partial charge in [0.05, 0.1) is 17.4 Å². The summed E-state index contributed by atoms with van der Waals surface area (Å²) in [5.74, 6) is 0.804. The number of carbonyl (C=O) groups is 2. The molecule has 0 spiro atoms. The van der Waals surface area contributed by atoms with E-state index in [2.05, 4.69) is 24.4 Å². The highest BCUT2D eigenvalue weighted by Crippen LogP contribution is 2.49. The highest BCUT2D eigenvalue weighted by Gasteiger charge is 2.42. The number of hydrogen-bond donors (Lipinski definition) is 1. The topological polar surface area (TPSA) is 58.6 Å². The van der Waals surface area contributed by atoms with Crippen LogP contribution in [-0.2, 0) is 16.2 Å². The van der Waals surface area contributed by atoms with E-state index in [1.165, 1.54) is 0 Å². The maximum Gasteiger partial charge on any atom is 0.227 e. The first-order valence-corrected chi connectivity index (χ1v) is 15.4. The number of rotatable bonds is 9.